The van der Waals surface area contributed by atoms with Crippen LogP contribution in [-0.2, 0) is 16.0 Å². The molecular weight excluding hydrogens is 266 g/mol. The van der Waals surface area contributed by atoms with Crippen molar-refractivity contribution in [2.75, 3.05) is 13.7 Å². The highest BCUT2D eigenvalue weighted by Crippen LogP contribution is 2.26. The Bertz CT molecular complexity index is 421. The SMILES string of the molecule is COC(=O)CCCOc1ccc(CC(C)N)cc1Cl. The average molecular weight is 286 g/mol. The topological polar surface area (TPSA) is 61.5 Å². The van der Waals surface area contributed by atoms with Gasteiger partial charge in [-0.25, -0.2) is 0 Å². The Kier molecular flexibility index (Phi) is 6.67. The molecule has 19 heavy (non-hydrogen) atoms. The maximum atomic E-state index is 10.9. The van der Waals surface area contributed by atoms with Gasteiger partial charge in [-0.3, -0.25) is 4.79 Å². The van der Waals surface area contributed by atoms with Crippen LogP contribution in [0.1, 0.15) is 25.3 Å². The van der Waals surface area contributed by atoms with Crippen LogP contribution in [0.5, 0.6) is 5.75 Å². The Hall–Kier alpha value is -1.26. The number of hydrogen-bond donors (Lipinski definition) is 1. The van der Waals surface area contributed by atoms with Gasteiger partial charge >= 0.3 is 5.97 Å². The summed E-state index contributed by atoms with van der Waals surface area (Å²) in [6, 6.07) is 5.74. The van der Waals surface area contributed by atoms with Gasteiger partial charge in [0.05, 0.1) is 18.7 Å². The van der Waals surface area contributed by atoms with Crippen molar-refractivity contribution in [2.24, 2.45) is 5.73 Å². The van der Waals surface area contributed by atoms with E-state index in [4.69, 9.17) is 22.1 Å². The number of carbonyl (C=O) groups excluding carboxylic acids is 1. The molecule has 0 aliphatic carbocycles. The number of benzene rings is 1. The van der Waals surface area contributed by atoms with E-state index in [0.717, 1.165) is 12.0 Å². The normalized spacial score (nSPS) is 12.0. The first-order valence-corrected chi connectivity index (χ1v) is 6.64. The van der Waals surface area contributed by atoms with Crippen molar-refractivity contribution in [3.8, 4) is 5.75 Å². The lowest BCUT2D eigenvalue weighted by atomic mass is 10.1. The van der Waals surface area contributed by atoms with Gasteiger partial charge < -0.3 is 15.2 Å². The molecule has 1 aromatic carbocycles. The molecule has 5 heteroatoms. The van der Waals surface area contributed by atoms with Gasteiger partial charge in [0, 0.05) is 12.5 Å². The van der Waals surface area contributed by atoms with Crippen LogP contribution in [0.25, 0.3) is 0 Å². The van der Waals surface area contributed by atoms with Crippen LogP contribution in [-0.4, -0.2) is 25.7 Å². The fraction of sp³-hybridized carbons (Fsp3) is 0.500. The molecule has 1 unspecified atom stereocenters. The molecule has 0 spiro atoms. The summed E-state index contributed by atoms with van der Waals surface area (Å²) in [4.78, 5) is 10.9. The van der Waals surface area contributed by atoms with E-state index >= 15 is 0 Å². The summed E-state index contributed by atoms with van der Waals surface area (Å²) in [7, 11) is 1.37. The lowest BCUT2D eigenvalue weighted by Gasteiger charge is -2.10. The summed E-state index contributed by atoms with van der Waals surface area (Å²) in [5.41, 5.74) is 6.82. The van der Waals surface area contributed by atoms with Crippen molar-refractivity contribution >= 4 is 17.6 Å². The molecule has 106 valence electrons. The molecule has 0 amide bonds. The number of nitrogens with two attached hydrogens (primary N) is 1. The molecule has 1 rings (SSSR count). The number of esters is 1. The maximum absolute atomic E-state index is 10.9. The average Bonchev–Trinajstić information content (AvgIpc) is 2.35. The second-order valence-electron chi connectivity index (χ2n) is 4.47. The van der Waals surface area contributed by atoms with Gasteiger partial charge in [-0.15, -0.1) is 0 Å². The van der Waals surface area contributed by atoms with Crippen molar-refractivity contribution in [2.45, 2.75) is 32.2 Å². The molecule has 0 aliphatic rings. The van der Waals surface area contributed by atoms with Crippen LogP contribution < -0.4 is 10.5 Å². The van der Waals surface area contributed by atoms with E-state index in [1.165, 1.54) is 7.11 Å². The van der Waals surface area contributed by atoms with Crippen LogP contribution in [0.3, 0.4) is 0 Å². The molecule has 4 nitrogen and oxygen atoms in total. The van der Waals surface area contributed by atoms with E-state index in [9.17, 15) is 4.79 Å². The molecule has 0 aromatic heterocycles. The molecule has 1 aromatic rings. The predicted octanol–water partition coefficient (Wildman–Crippen LogP) is 2.56. The van der Waals surface area contributed by atoms with Crippen molar-refractivity contribution in [1.82, 2.24) is 0 Å². The summed E-state index contributed by atoms with van der Waals surface area (Å²) in [6.45, 7) is 2.38. The molecule has 0 saturated carbocycles. The molecule has 0 heterocycles. The molecule has 0 saturated heterocycles. The lowest BCUT2D eigenvalue weighted by Crippen LogP contribution is -2.17. The van der Waals surface area contributed by atoms with Gasteiger partial charge in [-0.1, -0.05) is 17.7 Å². The highest BCUT2D eigenvalue weighted by Gasteiger charge is 2.06. The Morgan fingerprint density at radius 3 is 2.79 bits per heavy atom. The second-order valence-corrected chi connectivity index (χ2v) is 4.88. The number of carbonyl (C=O) groups is 1. The maximum Gasteiger partial charge on any atom is 0.305 e. The van der Waals surface area contributed by atoms with E-state index < -0.39 is 0 Å². The molecular formula is C14H20ClNO3. The van der Waals surface area contributed by atoms with Crippen molar-refractivity contribution < 1.29 is 14.3 Å². The zero-order valence-corrected chi connectivity index (χ0v) is 12.1. The lowest BCUT2D eigenvalue weighted by molar-refractivity contribution is -0.140. The Balaban J connectivity index is 2.44. The second kappa shape index (κ2) is 8.02. The highest BCUT2D eigenvalue weighted by molar-refractivity contribution is 6.32. The molecule has 0 bridgehead atoms. The predicted molar refractivity (Wildman–Crippen MR) is 75.6 cm³/mol. The van der Waals surface area contributed by atoms with Gasteiger partial charge in [-0.2, -0.15) is 0 Å². The van der Waals surface area contributed by atoms with Crippen LogP contribution >= 0.6 is 11.6 Å². The smallest absolute Gasteiger partial charge is 0.305 e. The zero-order chi connectivity index (χ0) is 14.3. The van der Waals surface area contributed by atoms with E-state index in [1.807, 2.05) is 25.1 Å². The molecule has 0 radical (unpaired) electrons. The summed E-state index contributed by atoms with van der Waals surface area (Å²) < 4.78 is 10.1. The number of hydrogen-bond acceptors (Lipinski definition) is 4. The van der Waals surface area contributed by atoms with Crippen molar-refractivity contribution in [3.63, 3.8) is 0 Å². The number of rotatable bonds is 7. The third-order valence-corrected chi connectivity index (χ3v) is 2.86. The van der Waals surface area contributed by atoms with E-state index in [2.05, 4.69) is 4.74 Å². The Morgan fingerprint density at radius 2 is 2.21 bits per heavy atom. The first kappa shape index (κ1) is 15.8. The monoisotopic (exact) mass is 285 g/mol. The summed E-state index contributed by atoms with van der Waals surface area (Å²) in [5.74, 6) is 0.391. The van der Waals surface area contributed by atoms with E-state index in [1.54, 1.807) is 0 Å². The van der Waals surface area contributed by atoms with Gasteiger partial charge in [0.2, 0.25) is 0 Å². The zero-order valence-electron chi connectivity index (χ0n) is 11.3. The number of ether oxygens (including phenoxy) is 2. The van der Waals surface area contributed by atoms with Gasteiger partial charge in [0.15, 0.2) is 0 Å². The van der Waals surface area contributed by atoms with Gasteiger partial charge in [-0.05, 0) is 37.5 Å². The van der Waals surface area contributed by atoms with E-state index in [0.29, 0.717) is 30.2 Å². The third-order valence-electron chi connectivity index (χ3n) is 2.56. The summed E-state index contributed by atoms with van der Waals surface area (Å²) in [6.07, 6.45) is 1.73. The Labute approximate surface area is 118 Å². The molecule has 2 N–H and O–H groups in total. The van der Waals surface area contributed by atoms with Gasteiger partial charge in [0.25, 0.3) is 0 Å². The van der Waals surface area contributed by atoms with E-state index in [-0.39, 0.29) is 12.0 Å². The minimum atomic E-state index is -0.234. The Morgan fingerprint density at radius 1 is 1.47 bits per heavy atom. The quantitative estimate of drug-likeness (QED) is 0.618. The minimum absolute atomic E-state index is 0.0999. The van der Waals surface area contributed by atoms with Crippen LogP contribution in [0.15, 0.2) is 18.2 Å². The van der Waals surface area contributed by atoms with Crippen LogP contribution in [0, 0.1) is 0 Å². The first-order chi connectivity index (χ1) is 9.02. The van der Waals surface area contributed by atoms with Crippen LogP contribution in [0.2, 0.25) is 5.02 Å². The molecule has 0 aliphatic heterocycles. The third kappa shape index (κ3) is 5.94. The fourth-order valence-electron chi connectivity index (χ4n) is 1.66. The molecule has 0 fully saturated rings. The number of halogens is 1. The first-order valence-electron chi connectivity index (χ1n) is 6.26. The van der Waals surface area contributed by atoms with Crippen LogP contribution in [0.4, 0.5) is 0 Å². The standard InChI is InChI=1S/C14H20ClNO3/c1-10(16)8-11-5-6-13(12(15)9-11)19-7-3-4-14(17)18-2/h5-6,9-10H,3-4,7-8,16H2,1-2H3. The molecule has 1 atom stereocenters. The van der Waals surface area contributed by atoms with Crippen molar-refractivity contribution in [1.29, 1.82) is 0 Å². The summed E-state index contributed by atoms with van der Waals surface area (Å²) in [5, 5.41) is 0.566. The van der Waals surface area contributed by atoms with Crippen molar-refractivity contribution in [3.05, 3.63) is 28.8 Å². The fourth-order valence-corrected chi connectivity index (χ4v) is 1.92. The number of methoxy groups -OCH3 is 1. The van der Waals surface area contributed by atoms with Gasteiger partial charge in [0.1, 0.15) is 5.75 Å². The minimum Gasteiger partial charge on any atom is -0.492 e. The highest BCUT2D eigenvalue weighted by atomic mass is 35.5. The summed E-state index contributed by atoms with van der Waals surface area (Å²) >= 11 is 6.12. The largest absolute Gasteiger partial charge is 0.492 e.